The van der Waals surface area contributed by atoms with E-state index in [1.165, 1.54) is 27.1 Å². The largest absolute Gasteiger partial charge is 0.310 e. The summed E-state index contributed by atoms with van der Waals surface area (Å²) in [6.45, 7) is 9.65. The molecule has 2 aromatic rings. The highest BCUT2D eigenvalue weighted by Gasteiger charge is 2.05. The normalized spacial score (nSPS) is 11.2. The second-order valence-corrected chi connectivity index (χ2v) is 6.25. The highest BCUT2D eigenvalue weighted by atomic mass is 32.1. The number of hydrogen-bond acceptors (Lipinski definition) is 2. The predicted octanol–water partition coefficient (Wildman–Crippen LogP) is 4.53. The van der Waals surface area contributed by atoms with Crippen molar-refractivity contribution in [3.8, 4) is 11.1 Å². The molecule has 0 fully saturated rings. The Labute approximate surface area is 114 Å². The van der Waals surface area contributed by atoms with Crippen LogP contribution in [-0.4, -0.2) is 6.04 Å². The third-order valence-electron chi connectivity index (χ3n) is 3.05. The van der Waals surface area contributed by atoms with Crippen molar-refractivity contribution in [3.05, 3.63) is 45.6 Å². The molecular formula is C16H21NS. The van der Waals surface area contributed by atoms with Gasteiger partial charge in [0, 0.05) is 17.5 Å². The molecule has 0 aliphatic carbocycles. The summed E-state index contributed by atoms with van der Waals surface area (Å²) < 4.78 is 0. The van der Waals surface area contributed by atoms with Crippen LogP contribution in [0.15, 0.2) is 29.6 Å². The lowest BCUT2D eigenvalue weighted by Gasteiger charge is -2.10. The van der Waals surface area contributed by atoms with Crippen molar-refractivity contribution in [1.29, 1.82) is 0 Å². The topological polar surface area (TPSA) is 12.0 Å². The van der Waals surface area contributed by atoms with Crippen molar-refractivity contribution >= 4 is 11.3 Å². The van der Waals surface area contributed by atoms with Gasteiger partial charge in [-0.25, -0.2) is 0 Å². The van der Waals surface area contributed by atoms with E-state index in [0.717, 1.165) is 6.54 Å². The van der Waals surface area contributed by atoms with Crippen LogP contribution in [0, 0.1) is 13.8 Å². The van der Waals surface area contributed by atoms with E-state index in [9.17, 15) is 0 Å². The minimum Gasteiger partial charge on any atom is -0.310 e. The van der Waals surface area contributed by atoms with E-state index in [1.807, 2.05) is 11.3 Å². The van der Waals surface area contributed by atoms with Gasteiger partial charge in [-0.1, -0.05) is 32.0 Å². The third-order valence-corrected chi connectivity index (χ3v) is 3.91. The van der Waals surface area contributed by atoms with Crippen molar-refractivity contribution in [1.82, 2.24) is 5.32 Å². The zero-order valence-electron chi connectivity index (χ0n) is 11.6. The van der Waals surface area contributed by atoms with E-state index in [0.29, 0.717) is 6.04 Å². The zero-order valence-corrected chi connectivity index (χ0v) is 12.4. The fourth-order valence-corrected chi connectivity index (χ4v) is 2.77. The average Bonchev–Trinajstić information content (AvgIpc) is 2.73. The summed E-state index contributed by atoms with van der Waals surface area (Å²) in [6.07, 6.45) is 0. The quantitative estimate of drug-likeness (QED) is 0.850. The van der Waals surface area contributed by atoms with Gasteiger partial charge in [0.05, 0.1) is 0 Å². The van der Waals surface area contributed by atoms with E-state index in [2.05, 4.69) is 62.7 Å². The van der Waals surface area contributed by atoms with Gasteiger partial charge < -0.3 is 5.32 Å². The molecule has 0 amide bonds. The Kier molecular flexibility index (Phi) is 4.20. The second-order valence-electron chi connectivity index (χ2n) is 5.13. The van der Waals surface area contributed by atoms with Crippen LogP contribution in [0.2, 0.25) is 0 Å². The molecule has 0 saturated carbocycles. The van der Waals surface area contributed by atoms with E-state index in [-0.39, 0.29) is 0 Å². The van der Waals surface area contributed by atoms with Crippen LogP contribution >= 0.6 is 11.3 Å². The average molecular weight is 259 g/mol. The van der Waals surface area contributed by atoms with Gasteiger partial charge in [-0.05, 0) is 47.5 Å². The van der Waals surface area contributed by atoms with Gasteiger partial charge in [0.25, 0.3) is 0 Å². The first kappa shape index (κ1) is 13.3. The van der Waals surface area contributed by atoms with Crippen molar-refractivity contribution in [3.63, 3.8) is 0 Å². The molecule has 18 heavy (non-hydrogen) atoms. The summed E-state index contributed by atoms with van der Waals surface area (Å²) in [6, 6.07) is 9.56. The number of benzene rings is 1. The molecule has 1 nitrogen and oxygen atoms in total. The summed E-state index contributed by atoms with van der Waals surface area (Å²) in [7, 11) is 0. The van der Waals surface area contributed by atoms with Gasteiger partial charge in [-0.15, -0.1) is 11.3 Å². The molecular weight excluding hydrogens is 238 g/mol. The predicted molar refractivity (Wildman–Crippen MR) is 81.2 cm³/mol. The van der Waals surface area contributed by atoms with Crippen molar-refractivity contribution in [2.75, 3.05) is 0 Å². The first-order valence-electron chi connectivity index (χ1n) is 6.44. The van der Waals surface area contributed by atoms with Gasteiger partial charge >= 0.3 is 0 Å². The molecule has 1 aromatic heterocycles. The SMILES string of the molecule is Cc1cc(-c2ccc(CNC(C)C)cc2C)cs1. The molecule has 0 aliphatic rings. The van der Waals surface area contributed by atoms with Crippen LogP contribution in [0.3, 0.4) is 0 Å². The van der Waals surface area contributed by atoms with E-state index >= 15 is 0 Å². The first-order chi connectivity index (χ1) is 8.56. The van der Waals surface area contributed by atoms with E-state index in [4.69, 9.17) is 0 Å². The maximum absolute atomic E-state index is 3.45. The minimum absolute atomic E-state index is 0.532. The summed E-state index contributed by atoms with van der Waals surface area (Å²) in [5, 5.41) is 5.69. The maximum Gasteiger partial charge on any atom is 0.0207 e. The first-order valence-corrected chi connectivity index (χ1v) is 7.32. The molecule has 0 saturated heterocycles. The van der Waals surface area contributed by atoms with Gasteiger partial charge in [-0.2, -0.15) is 0 Å². The molecule has 0 spiro atoms. The summed E-state index contributed by atoms with van der Waals surface area (Å²) in [5.41, 5.74) is 5.42. The summed E-state index contributed by atoms with van der Waals surface area (Å²) in [4.78, 5) is 1.37. The molecule has 0 unspecified atom stereocenters. The molecule has 0 bridgehead atoms. The highest BCUT2D eigenvalue weighted by Crippen LogP contribution is 2.28. The molecule has 96 valence electrons. The Morgan fingerprint density at radius 1 is 1.17 bits per heavy atom. The molecule has 0 atom stereocenters. The van der Waals surface area contributed by atoms with Crippen molar-refractivity contribution in [2.45, 2.75) is 40.3 Å². The molecule has 0 aliphatic heterocycles. The molecule has 1 heterocycles. The third kappa shape index (κ3) is 3.21. The molecule has 1 aromatic carbocycles. The molecule has 2 rings (SSSR count). The van der Waals surface area contributed by atoms with Crippen LogP contribution in [0.25, 0.3) is 11.1 Å². The lowest BCUT2D eigenvalue weighted by Crippen LogP contribution is -2.21. The molecule has 2 heteroatoms. The zero-order chi connectivity index (χ0) is 13.1. The van der Waals surface area contributed by atoms with Crippen LogP contribution < -0.4 is 5.32 Å². The summed E-state index contributed by atoms with van der Waals surface area (Å²) >= 11 is 1.81. The second kappa shape index (κ2) is 5.68. The van der Waals surface area contributed by atoms with Crippen LogP contribution in [0.4, 0.5) is 0 Å². The fourth-order valence-electron chi connectivity index (χ4n) is 2.07. The van der Waals surface area contributed by atoms with E-state index < -0.39 is 0 Å². The van der Waals surface area contributed by atoms with Crippen molar-refractivity contribution in [2.24, 2.45) is 0 Å². The van der Waals surface area contributed by atoms with Crippen molar-refractivity contribution < 1.29 is 0 Å². The Morgan fingerprint density at radius 3 is 2.50 bits per heavy atom. The standard InChI is InChI=1S/C16H21NS/c1-11(2)17-9-14-5-6-16(12(3)7-14)15-8-13(4)18-10-15/h5-8,10-11,17H,9H2,1-4H3. The van der Waals surface area contributed by atoms with Crippen LogP contribution in [-0.2, 0) is 6.54 Å². The lowest BCUT2D eigenvalue weighted by atomic mass is 10.0. The minimum atomic E-state index is 0.532. The Morgan fingerprint density at radius 2 is 1.94 bits per heavy atom. The van der Waals surface area contributed by atoms with E-state index in [1.54, 1.807) is 0 Å². The molecule has 1 N–H and O–H groups in total. The smallest absolute Gasteiger partial charge is 0.0207 e. The highest BCUT2D eigenvalue weighted by molar-refractivity contribution is 7.10. The number of thiophene rings is 1. The fraction of sp³-hybridized carbons (Fsp3) is 0.375. The lowest BCUT2D eigenvalue weighted by molar-refractivity contribution is 0.589. The number of hydrogen-bond donors (Lipinski definition) is 1. The molecule has 0 radical (unpaired) electrons. The number of aryl methyl sites for hydroxylation is 2. The van der Waals surface area contributed by atoms with Gasteiger partial charge in [-0.3, -0.25) is 0 Å². The van der Waals surface area contributed by atoms with Crippen LogP contribution in [0.5, 0.6) is 0 Å². The monoisotopic (exact) mass is 259 g/mol. The maximum atomic E-state index is 3.45. The summed E-state index contributed by atoms with van der Waals surface area (Å²) in [5.74, 6) is 0. The van der Waals surface area contributed by atoms with Gasteiger partial charge in [0.2, 0.25) is 0 Å². The van der Waals surface area contributed by atoms with Gasteiger partial charge in [0.1, 0.15) is 0 Å². The number of rotatable bonds is 4. The Hall–Kier alpha value is -1.12. The number of nitrogens with one attached hydrogen (secondary N) is 1. The Bertz CT molecular complexity index is 526. The Balaban J connectivity index is 2.20. The van der Waals surface area contributed by atoms with Gasteiger partial charge in [0.15, 0.2) is 0 Å². The van der Waals surface area contributed by atoms with Crippen LogP contribution in [0.1, 0.15) is 29.9 Å².